The maximum absolute atomic E-state index is 14.5. The van der Waals surface area contributed by atoms with Crippen molar-refractivity contribution >= 4 is 5.91 Å². The van der Waals surface area contributed by atoms with Crippen LogP contribution in [0.25, 0.3) is 0 Å². The van der Waals surface area contributed by atoms with E-state index in [1.807, 2.05) is 29.2 Å². The third-order valence-corrected chi connectivity index (χ3v) is 5.70. The lowest BCUT2D eigenvalue weighted by atomic mass is 9.98. The van der Waals surface area contributed by atoms with Crippen molar-refractivity contribution in [3.63, 3.8) is 0 Å². The van der Waals surface area contributed by atoms with E-state index in [0.29, 0.717) is 19.5 Å². The Balaban J connectivity index is 1.56. The minimum Gasteiger partial charge on any atom is -0.379 e. The molecular formula is C21H23F2N3O2. The van der Waals surface area contributed by atoms with E-state index in [-0.39, 0.29) is 29.7 Å². The molecule has 0 spiro atoms. The summed E-state index contributed by atoms with van der Waals surface area (Å²) < 4.78 is 33.1. The highest BCUT2D eigenvalue weighted by molar-refractivity contribution is 5.84. The van der Waals surface area contributed by atoms with Gasteiger partial charge in [-0.25, -0.2) is 8.78 Å². The zero-order valence-corrected chi connectivity index (χ0v) is 15.6. The highest BCUT2D eigenvalue weighted by Gasteiger charge is 2.40. The average molecular weight is 387 g/mol. The van der Waals surface area contributed by atoms with Gasteiger partial charge in [-0.3, -0.25) is 9.69 Å². The van der Waals surface area contributed by atoms with E-state index in [0.717, 1.165) is 17.2 Å². The first-order valence-corrected chi connectivity index (χ1v) is 9.33. The number of benzene rings is 2. The number of nitrogens with zero attached hydrogens (tertiary/aromatic N) is 1. The van der Waals surface area contributed by atoms with E-state index < -0.39 is 17.7 Å². The summed E-state index contributed by atoms with van der Waals surface area (Å²) in [5.74, 6) is -1.75. The van der Waals surface area contributed by atoms with Crippen molar-refractivity contribution in [3.05, 3.63) is 70.8 Å². The maximum atomic E-state index is 14.5. The summed E-state index contributed by atoms with van der Waals surface area (Å²) in [6.07, 6.45) is 0.624. The fraction of sp³-hybridized carbons (Fsp3) is 0.381. The van der Waals surface area contributed by atoms with Gasteiger partial charge in [0, 0.05) is 31.8 Å². The van der Waals surface area contributed by atoms with Crippen LogP contribution in [0.4, 0.5) is 8.78 Å². The molecule has 28 heavy (non-hydrogen) atoms. The van der Waals surface area contributed by atoms with Gasteiger partial charge in [-0.15, -0.1) is 0 Å². The van der Waals surface area contributed by atoms with Crippen molar-refractivity contribution in [2.24, 2.45) is 5.73 Å². The molecule has 2 aliphatic rings. The lowest BCUT2D eigenvalue weighted by Crippen LogP contribution is -2.57. The molecule has 1 aliphatic carbocycles. The standard InChI is InChI=1S/C21H23F2N3O2/c1-28-14-10-26(11-14)20(16-7-6-13(22)9-17(16)23)21(27)25-18-8-12-4-2-3-5-15(12)19(18)24/h2-7,9,14,18-20H,8,10-11,24H2,1H3,(H,25,27)/t18-,19?,20?/m0/s1. The Labute approximate surface area is 162 Å². The molecule has 148 valence electrons. The molecule has 1 fully saturated rings. The zero-order valence-electron chi connectivity index (χ0n) is 15.6. The van der Waals surface area contributed by atoms with Crippen LogP contribution in [0.5, 0.6) is 0 Å². The fourth-order valence-electron chi connectivity index (χ4n) is 4.08. The Morgan fingerprint density at radius 3 is 2.68 bits per heavy atom. The summed E-state index contributed by atoms with van der Waals surface area (Å²) in [4.78, 5) is 15.0. The number of ether oxygens (including phenoxy) is 1. The second-order valence-corrected chi connectivity index (χ2v) is 7.42. The Bertz CT molecular complexity index is 886. The number of halogens is 2. The van der Waals surface area contributed by atoms with Crippen molar-refractivity contribution in [2.75, 3.05) is 20.2 Å². The molecule has 1 amide bonds. The van der Waals surface area contributed by atoms with Gasteiger partial charge in [0.05, 0.1) is 18.2 Å². The van der Waals surface area contributed by atoms with Crippen molar-refractivity contribution < 1.29 is 18.3 Å². The summed E-state index contributed by atoms with van der Waals surface area (Å²) in [5, 5.41) is 2.99. The van der Waals surface area contributed by atoms with Crippen LogP contribution < -0.4 is 11.1 Å². The number of amides is 1. The summed E-state index contributed by atoms with van der Waals surface area (Å²) in [6.45, 7) is 1.00. The Hall–Kier alpha value is -2.35. The molecular weight excluding hydrogens is 364 g/mol. The first-order valence-electron chi connectivity index (χ1n) is 9.33. The van der Waals surface area contributed by atoms with Gasteiger partial charge in [0.15, 0.2) is 0 Å². The monoisotopic (exact) mass is 387 g/mol. The molecule has 0 bridgehead atoms. The number of rotatable bonds is 5. The number of nitrogens with two attached hydrogens (primary N) is 1. The normalized spacial score (nSPS) is 23.1. The number of hydrogen-bond acceptors (Lipinski definition) is 4. The first kappa shape index (κ1) is 19.0. The third kappa shape index (κ3) is 3.41. The molecule has 0 radical (unpaired) electrons. The zero-order chi connectivity index (χ0) is 19.8. The maximum Gasteiger partial charge on any atom is 0.242 e. The molecule has 3 N–H and O–H groups in total. The summed E-state index contributed by atoms with van der Waals surface area (Å²) in [5.41, 5.74) is 8.59. The fourth-order valence-corrected chi connectivity index (χ4v) is 4.08. The van der Waals surface area contributed by atoms with Crippen LogP contribution in [0.2, 0.25) is 0 Å². The summed E-state index contributed by atoms with van der Waals surface area (Å²) in [6, 6.07) is 9.68. The van der Waals surface area contributed by atoms with Gasteiger partial charge in [-0.1, -0.05) is 30.3 Å². The SMILES string of the molecule is COC1CN(C(C(=O)N[C@H]2Cc3ccccc3C2N)c2ccc(F)cc2F)C1. The Morgan fingerprint density at radius 2 is 2.00 bits per heavy atom. The van der Waals surface area contributed by atoms with Crippen molar-refractivity contribution in [1.29, 1.82) is 0 Å². The molecule has 5 nitrogen and oxygen atoms in total. The van der Waals surface area contributed by atoms with Gasteiger partial charge in [0.2, 0.25) is 5.91 Å². The van der Waals surface area contributed by atoms with Crippen LogP contribution in [0.3, 0.4) is 0 Å². The highest BCUT2D eigenvalue weighted by Crippen LogP contribution is 2.32. The number of nitrogens with one attached hydrogen (secondary N) is 1. The minimum absolute atomic E-state index is 0.00296. The number of hydrogen-bond donors (Lipinski definition) is 2. The quantitative estimate of drug-likeness (QED) is 0.824. The second kappa shape index (κ2) is 7.58. The first-order chi connectivity index (χ1) is 13.5. The average Bonchev–Trinajstić information content (AvgIpc) is 2.94. The van der Waals surface area contributed by atoms with Gasteiger partial charge in [0.1, 0.15) is 17.7 Å². The molecule has 3 atom stereocenters. The molecule has 2 aromatic rings. The van der Waals surface area contributed by atoms with Crippen molar-refractivity contribution in [3.8, 4) is 0 Å². The predicted molar refractivity (Wildman–Crippen MR) is 100 cm³/mol. The van der Waals surface area contributed by atoms with Crippen molar-refractivity contribution in [2.45, 2.75) is 30.7 Å². The smallest absolute Gasteiger partial charge is 0.242 e. The summed E-state index contributed by atoms with van der Waals surface area (Å²) >= 11 is 0. The molecule has 4 rings (SSSR count). The molecule has 7 heteroatoms. The number of carbonyl (C=O) groups is 1. The molecule has 1 saturated heterocycles. The number of methoxy groups -OCH3 is 1. The topological polar surface area (TPSA) is 67.6 Å². The van der Waals surface area contributed by atoms with E-state index in [2.05, 4.69) is 5.32 Å². The van der Waals surface area contributed by atoms with Crippen LogP contribution in [0, 0.1) is 11.6 Å². The molecule has 1 heterocycles. The van der Waals surface area contributed by atoms with E-state index in [4.69, 9.17) is 10.5 Å². The molecule has 0 aromatic heterocycles. The van der Waals surface area contributed by atoms with Gasteiger partial charge in [0.25, 0.3) is 0 Å². The predicted octanol–water partition coefficient (Wildman–Crippen LogP) is 2.08. The van der Waals surface area contributed by atoms with E-state index >= 15 is 0 Å². The van der Waals surface area contributed by atoms with Crippen molar-refractivity contribution in [1.82, 2.24) is 10.2 Å². The van der Waals surface area contributed by atoms with E-state index in [1.165, 1.54) is 12.1 Å². The molecule has 1 aliphatic heterocycles. The van der Waals surface area contributed by atoms with E-state index in [1.54, 1.807) is 7.11 Å². The largest absolute Gasteiger partial charge is 0.379 e. The van der Waals surface area contributed by atoms with Crippen LogP contribution in [-0.2, 0) is 16.0 Å². The Kier molecular flexibility index (Phi) is 5.14. The lowest BCUT2D eigenvalue weighted by molar-refractivity contribution is -0.134. The molecule has 2 aromatic carbocycles. The van der Waals surface area contributed by atoms with Gasteiger partial charge < -0.3 is 15.8 Å². The minimum atomic E-state index is -0.858. The van der Waals surface area contributed by atoms with Crippen LogP contribution >= 0.6 is 0 Å². The van der Waals surface area contributed by atoms with Crippen LogP contribution in [0.15, 0.2) is 42.5 Å². The number of fused-ring (bicyclic) bond motifs is 1. The Morgan fingerprint density at radius 1 is 1.25 bits per heavy atom. The van der Waals surface area contributed by atoms with E-state index in [9.17, 15) is 13.6 Å². The third-order valence-electron chi connectivity index (χ3n) is 5.70. The van der Waals surface area contributed by atoms with Crippen LogP contribution in [0.1, 0.15) is 28.8 Å². The number of carbonyl (C=O) groups excluding carboxylic acids is 1. The lowest BCUT2D eigenvalue weighted by Gasteiger charge is -2.43. The van der Waals surface area contributed by atoms with Gasteiger partial charge in [-0.05, 0) is 23.6 Å². The molecule has 0 saturated carbocycles. The number of likely N-dealkylation sites (tertiary alicyclic amines) is 1. The van der Waals surface area contributed by atoms with Gasteiger partial charge >= 0.3 is 0 Å². The highest BCUT2D eigenvalue weighted by atomic mass is 19.1. The summed E-state index contributed by atoms with van der Waals surface area (Å²) in [7, 11) is 1.60. The second-order valence-electron chi connectivity index (χ2n) is 7.42. The molecule has 2 unspecified atom stereocenters. The van der Waals surface area contributed by atoms with Crippen LogP contribution in [-0.4, -0.2) is 43.2 Å². The van der Waals surface area contributed by atoms with Gasteiger partial charge in [-0.2, -0.15) is 0 Å².